The minimum absolute atomic E-state index is 0.118. The second-order valence-electron chi connectivity index (χ2n) is 7.27. The molecule has 2 aromatic carbocycles. The molecule has 1 N–H and O–H groups in total. The smallest absolute Gasteiger partial charge is 0.224 e. The highest BCUT2D eigenvalue weighted by molar-refractivity contribution is 7.90. The molecule has 0 aliphatic rings. The van der Waals surface area contributed by atoms with Gasteiger partial charge in [0.25, 0.3) is 0 Å². The Kier molecular flexibility index (Phi) is 8.88. The lowest BCUT2D eigenvalue weighted by molar-refractivity contribution is -0.130. The lowest BCUT2D eigenvalue weighted by Gasteiger charge is -2.22. The third kappa shape index (κ3) is 8.22. The van der Waals surface area contributed by atoms with Gasteiger partial charge < -0.3 is 15.0 Å². The normalized spacial score (nSPS) is 12.1. The zero-order valence-electron chi connectivity index (χ0n) is 17.8. The SMILES string of the molecule is CC(=O)NC(CC(=O)N(C)CCCOc1cccc(S(C)(=O)=O)c1)c1ccc(Cl)cc1. The Morgan fingerprint density at radius 3 is 2.45 bits per heavy atom. The van der Waals surface area contributed by atoms with Gasteiger partial charge in [0.15, 0.2) is 9.84 Å². The fourth-order valence-electron chi connectivity index (χ4n) is 2.93. The molecule has 31 heavy (non-hydrogen) atoms. The number of rotatable bonds is 10. The van der Waals surface area contributed by atoms with Crippen molar-refractivity contribution in [3.05, 3.63) is 59.1 Å². The number of halogens is 1. The van der Waals surface area contributed by atoms with E-state index < -0.39 is 15.9 Å². The predicted octanol–water partition coefficient (Wildman–Crippen LogP) is 3.24. The summed E-state index contributed by atoms with van der Waals surface area (Å²) in [4.78, 5) is 26.0. The van der Waals surface area contributed by atoms with Gasteiger partial charge in [0.1, 0.15) is 5.75 Å². The molecular formula is C22H27ClN2O5S. The van der Waals surface area contributed by atoms with Crippen LogP contribution in [0.4, 0.5) is 0 Å². The Morgan fingerprint density at radius 2 is 1.84 bits per heavy atom. The van der Waals surface area contributed by atoms with Gasteiger partial charge in [0.05, 0.1) is 24.0 Å². The van der Waals surface area contributed by atoms with Crippen LogP contribution in [0.2, 0.25) is 5.02 Å². The second-order valence-corrected chi connectivity index (χ2v) is 9.73. The second kappa shape index (κ2) is 11.2. The number of carbonyl (C=O) groups is 2. The summed E-state index contributed by atoms with van der Waals surface area (Å²) in [5.74, 6) is 0.123. The quantitative estimate of drug-likeness (QED) is 0.542. The highest BCUT2D eigenvalue weighted by Gasteiger charge is 2.19. The zero-order valence-corrected chi connectivity index (χ0v) is 19.4. The Labute approximate surface area is 188 Å². The van der Waals surface area contributed by atoms with Crippen LogP contribution < -0.4 is 10.1 Å². The molecule has 7 nitrogen and oxygen atoms in total. The standard InChI is InChI=1S/C22H27ClN2O5S/c1-16(26)24-21(17-8-10-18(23)11-9-17)15-22(27)25(2)12-5-13-30-19-6-4-7-20(14-19)31(3,28)29/h4,6-11,14,21H,5,12-13,15H2,1-3H3,(H,24,26). The summed E-state index contributed by atoms with van der Waals surface area (Å²) in [7, 11) is -1.60. The summed E-state index contributed by atoms with van der Waals surface area (Å²) < 4.78 is 28.9. The molecule has 0 radical (unpaired) electrons. The van der Waals surface area contributed by atoms with E-state index in [-0.39, 0.29) is 23.1 Å². The maximum atomic E-state index is 12.6. The number of nitrogens with one attached hydrogen (secondary N) is 1. The molecule has 1 unspecified atom stereocenters. The summed E-state index contributed by atoms with van der Waals surface area (Å²) >= 11 is 5.92. The average Bonchev–Trinajstić information content (AvgIpc) is 2.70. The average molecular weight is 467 g/mol. The summed E-state index contributed by atoms with van der Waals surface area (Å²) in [6.07, 6.45) is 1.83. The monoisotopic (exact) mass is 466 g/mol. The van der Waals surface area contributed by atoms with Gasteiger partial charge in [-0.25, -0.2) is 8.42 Å². The molecule has 0 saturated carbocycles. The van der Waals surface area contributed by atoms with Crippen molar-refractivity contribution in [2.45, 2.75) is 30.7 Å². The van der Waals surface area contributed by atoms with Gasteiger partial charge in [-0.05, 0) is 42.3 Å². The Hall–Kier alpha value is -2.58. The molecular weight excluding hydrogens is 440 g/mol. The number of hydrogen-bond donors (Lipinski definition) is 1. The molecule has 1 atom stereocenters. The van der Waals surface area contributed by atoms with Gasteiger partial charge >= 0.3 is 0 Å². The van der Waals surface area contributed by atoms with Crippen molar-refractivity contribution in [1.29, 1.82) is 0 Å². The summed E-state index contributed by atoms with van der Waals surface area (Å²) in [6.45, 7) is 2.20. The van der Waals surface area contributed by atoms with E-state index in [0.29, 0.717) is 30.3 Å². The number of hydrogen-bond acceptors (Lipinski definition) is 5. The number of ether oxygens (including phenoxy) is 1. The van der Waals surface area contributed by atoms with E-state index >= 15 is 0 Å². The van der Waals surface area contributed by atoms with Crippen molar-refractivity contribution < 1.29 is 22.7 Å². The molecule has 0 saturated heterocycles. The van der Waals surface area contributed by atoms with Crippen LogP contribution >= 0.6 is 11.6 Å². The molecule has 2 aromatic rings. The highest BCUT2D eigenvalue weighted by atomic mass is 35.5. The topological polar surface area (TPSA) is 92.8 Å². The molecule has 168 valence electrons. The van der Waals surface area contributed by atoms with Crippen LogP contribution in [-0.2, 0) is 19.4 Å². The molecule has 0 aromatic heterocycles. The largest absolute Gasteiger partial charge is 0.493 e. The van der Waals surface area contributed by atoms with Crippen molar-refractivity contribution >= 4 is 33.3 Å². The first kappa shape index (κ1) is 24.7. The summed E-state index contributed by atoms with van der Waals surface area (Å²) in [5.41, 5.74) is 0.801. The number of carbonyl (C=O) groups excluding carboxylic acids is 2. The van der Waals surface area contributed by atoms with Gasteiger partial charge in [-0.1, -0.05) is 29.8 Å². The molecule has 0 heterocycles. The van der Waals surface area contributed by atoms with E-state index in [2.05, 4.69) is 5.32 Å². The molecule has 2 rings (SSSR count). The van der Waals surface area contributed by atoms with Crippen molar-refractivity contribution in [2.75, 3.05) is 26.5 Å². The third-order valence-corrected chi connectivity index (χ3v) is 5.96. The molecule has 2 amide bonds. The molecule has 0 fully saturated rings. The van der Waals surface area contributed by atoms with Gasteiger partial charge in [0.2, 0.25) is 11.8 Å². The van der Waals surface area contributed by atoms with E-state index in [1.165, 1.54) is 19.1 Å². The highest BCUT2D eigenvalue weighted by Crippen LogP contribution is 2.21. The Bertz CT molecular complexity index is 1010. The lowest BCUT2D eigenvalue weighted by atomic mass is 10.0. The van der Waals surface area contributed by atoms with Crippen LogP contribution in [0.3, 0.4) is 0 Å². The first-order valence-corrected chi connectivity index (χ1v) is 12.0. The fourth-order valence-corrected chi connectivity index (χ4v) is 3.72. The Morgan fingerprint density at radius 1 is 1.16 bits per heavy atom. The van der Waals surface area contributed by atoms with Crippen molar-refractivity contribution in [2.24, 2.45) is 0 Å². The maximum absolute atomic E-state index is 12.6. The van der Waals surface area contributed by atoms with Crippen molar-refractivity contribution in [3.63, 3.8) is 0 Å². The first-order chi connectivity index (χ1) is 14.6. The van der Waals surface area contributed by atoms with Crippen LogP contribution in [0.15, 0.2) is 53.4 Å². The fraction of sp³-hybridized carbons (Fsp3) is 0.364. The van der Waals surface area contributed by atoms with Gasteiger partial charge in [0, 0.05) is 31.8 Å². The predicted molar refractivity (Wildman–Crippen MR) is 120 cm³/mol. The van der Waals surface area contributed by atoms with Crippen LogP contribution in [0.5, 0.6) is 5.75 Å². The number of benzene rings is 2. The minimum Gasteiger partial charge on any atom is -0.493 e. The van der Waals surface area contributed by atoms with Crippen LogP contribution in [0.1, 0.15) is 31.4 Å². The third-order valence-electron chi connectivity index (χ3n) is 4.59. The van der Waals surface area contributed by atoms with Crippen molar-refractivity contribution in [3.8, 4) is 5.75 Å². The lowest BCUT2D eigenvalue weighted by Crippen LogP contribution is -2.34. The first-order valence-electron chi connectivity index (χ1n) is 9.75. The molecule has 0 aliphatic carbocycles. The van der Waals surface area contributed by atoms with E-state index in [9.17, 15) is 18.0 Å². The zero-order chi connectivity index (χ0) is 23.0. The molecule has 0 aliphatic heterocycles. The van der Waals surface area contributed by atoms with E-state index in [1.807, 2.05) is 0 Å². The number of amides is 2. The molecule has 0 bridgehead atoms. The number of sulfone groups is 1. The summed E-state index contributed by atoms with van der Waals surface area (Å²) in [6, 6.07) is 12.9. The van der Waals surface area contributed by atoms with Crippen LogP contribution in [0.25, 0.3) is 0 Å². The van der Waals surface area contributed by atoms with Gasteiger partial charge in [-0.3, -0.25) is 9.59 Å². The van der Waals surface area contributed by atoms with Crippen LogP contribution in [0, 0.1) is 0 Å². The number of nitrogens with zero attached hydrogens (tertiary/aromatic N) is 1. The summed E-state index contributed by atoms with van der Waals surface area (Å²) in [5, 5.41) is 3.38. The van der Waals surface area contributed by atoms with Gasteiger partial charge in [-0.2, -0.15) is 0 Å². The van der Waals surface area contributed by atoms with E-state index in [1.54, 1.807) is 48.3 Å². The van der Waals surface area contributed by atoms with E-state index in [0.717, 1.165) is 11.8 Å². The van der Waals surface area contributed by atoms with Gasteiger partial charge in [-0.15, -0.1) is 0 Å². The van der Waals surface area contributed by atoms with E-state index in [4.69, 9.17) is 16.3 Å². The minimum atomic E-state index is -3.30. The van der Waals surface area contributed by atoms with Crippen molar-refractivity contribution in [1.82, 2.24) is 10.2 Å². The molecule has 0 spiro atoms. The van der Waals surface area contributed by atoms with Crippen LogP contribution in [-0.4, -0.2) is 51.6 Å². The molecule has 9 heteroatoms. The Balaban J connectivity index is 1.86. The maximum Gasteiger partial charge on any atom is 0.224 e.